The molecule has 0 aliphatic rings. The van der Waals surface area contributed by atoms with Crippen molar-refractivity contribution in [2.75, 3.05) is 27.4 Å². The summed E-state index contributed by atoms with van der Waals surface area (Å²) in [7, 11) is 3.15. The van der Waals surface area contributed by atoms with E-state index in [1.54, 1.807) is 20.1 Å². The van der Waals surface area contributed by atoms with Crippen LogP contribution in [0.4, 0.5) is 0 Å². The van der Waals surface area contributed by atoms with Gasteiger partial charge in [-0.05, 0) is 24.6 Å². The second kappa shape index (κ2) is 6.86. The monoisotopic (exact) mass is 254 g/mol. The van der Waals surface area contributed by atoms with Crippen LogP contribution in [0.15, 0.2) is 12.1 Å². The van der Waals surface area contributed by atoms with Crippen molar-refractivity contribution < 1.29 is 24.1 Å². The molecule has 18 heavy (non-hydrogen) atoms. The minimum Gasteiger partial charge on any atom is -0.493 e. The zero-order chi connectivity index (χ0) is 13.5. The number of carboxylic acid groups (broad SMARTS) is 1. The molecule has 0 saturated carbocycles. The number of hydrogen-bond donors (Lipinski definition) is 1. The third kappa shape index (κ3) is 3.63. The molecule has 1 N–H and O–H groups in total. The molecule has 0 radical (unpaired) electrons. The minimum absolute atomic E-state index is 0.220. The Morgan fingerprint density at radius 1 is 1.22 bits per heavy atom. The highest BCUT2D eigenvalue weighted by atomic mass is 16.5. The second-order valence-electron chi connectivity index (χ2n) is 3.82. The van der Waals surface area contributed by atoms with Crippen LogP contribution in [0.5, 0.6) is 11.5 Å². The van der Waals surface area contributed by atoms with Gasteiger partial charge in [0.05, 0.1) is 19.3 Å². The van der Waals surface area contributed by atoms with Gasteiger partial charge < -0.3 is 19.3 Å². The predicted molar refractivity (Wildman–Crippen MR) is 66.7 cm³/mol. The smallest absolute Gasteiger partial charge is 0.336 e. The first-order chi connectivity index (χ1) is 8.60. The normalized spacial score (nSPS) is 10.2. The van der Waals surface area contributed by atoms with Gasteiger partial charge in [0.2, 0.25) is 0 Å². The van der Waals surface area contributed by atoms with Crippen LogP contribution in [-0.2, 0) is 4.74 Å². The number of aryl methyl sites for hydroxylation is 1. The Hall–Kier alpha value is -1.75. The molecule has 0 saturated heterocycles. The molecule has 1 aromatic rings. The van der Waals surface area contributed by atoms with E-state index in [2.05, 4.69) is 0 Å². The SMILES string of the molecule is COCCCOc1cc(C(=O)O)c(C)cc1OC. The third-order valence-corrected chi connectivity index (χ3v) is 2.49. The Labute approximate surface area is 106 Å². The van der Waals surface area contributed by atoms with Crippen molar-refractivity contribution in [1.29, 1.82) is 0 Å². The first-order valence-electron chi connectivity index (χ1n) is 5.63. The van der Waals surface area contributed by atoms with E-state index in [1.807, 2.05) is 0 Å². The van der Waals surface area contributed by atoms with Gasteiger partial charge in [0.15, 0.2) is 11.5 Å². The maximum atomic E-state index is 11.0. The Morgan fingerprint density at radius 3 is 2.50 bits per heavy atom. The summed E-state index contributed by atoms with van der Waals surface area (Å²) in [5.74, 6) is 0.00316. The van der Waals surface area contributed by atoms with E-state index in [0.717, 1.165) is 6.42 Å². The highest BCUT2D eigenvalue weighted by molar-refractivity contribution is 5.90. The molecule has 0 atom stereocenters. The van der Waals surface area contributed by atoms with Gasteiger partial charge >= 0.3 is 5.97 Å². The van der Waals surface area contributed by atoms with E-state index in [4.69, 9.17) is 19.3 Å². The summed E-state index contributed by atoms with van der Waals surface area (Å²) in [5, 5.41) is 9.05. The summed E-state index contributed by atoms with van der Waals surface area (Å²) in [6, 6.07) is 3.15. The number of rotatable bonds is 7. The average molecular weight is 254 g/mol. The molecule has 0 unspecified atom stereocenters. The molecular weight excluding hydrogens is 236 g/mol. The highest BCUT2D eigenvalue weighted by Crippen LogP contribution is 2.30. The van der Waals surface area contributed by atoms with Crippen LogP contribution >= 0.6 is 0 Å². The Kier molecular flexibility index (Phi) is 5.45. The maximum Gasteiger partial charge on any atom is 0.336 e. The van der Waals surface area contributed by atoms with Gasteiger partial charge in [-0.2, -0.15) is 0 Å². The van der Waals surface area contributed by atoms with Crippen LogP contribution in [0.3, 0.4) is 0 Å². The molecule has 5 heteroatoms. The van der Waals surface area contributed by atoms with Crippen LogP contribution in [0.1, 0.15) is 22.3 Å². The molecule has 1 aromatic carbocycles. The summed E-state index contributed by atoms with van der Waals surface area (Å²) >= 11 is 0. The van der Waals surface area contributed by atoms with Gasteiger partial charge in [-0.25, -0.2) is 4.79 Å². The van der Waals surface area contributed by atoms with Crippen molar-refractivity contribution in [3.8, 4) is 11.5 Å². The van der Waals surface area contributed by atoms with Crippen molar-refractivity contribution >= 4 is 5.97 Å². The maximum absolute atomic E-state index is 11.0. The first kappa shape index (κ1) is 14.3. The molecule has 0 bridgehead atoms. The van der Waals surface area contributed by atoms with Crippen molar-refractivity contribution in [3.05, 3.63) is 23.3 Å². The fourth-order valence-corrected chi connectivity index (χ4v) is 1.55. The number of ether oxygens (including phenoxy) is 3. The van der Waals surface area contributed by atoms with Gasteiger partial charge in [0, 0.05) is 20.1 Å². The summed E-state index contributed by atoms with van der Waals surface area (Å²) in [5.41, 5.74) is 0.862. The number of benzene rings is 1. The summed E-state index contributed by atoms with van der Waals surface area (Å²) in [6.45, 7) is 2.77. The number of carbonyl (C=O) groups is 1. The molecule has 0 aliphatic carbocycles. The lowest BCUT2D eigenvalue weighted by atomic mass is 10.1. The largest absolute Gasteiger partial charge is 0.493 e. The molecule has 1 rings (SSSR count). The van der Waals surface area contributed by atoms with Gasteiger partial charge in [-0.15, -0.1) is 0 Å². The van der Waals surface area contributed by atoms with E-state index in [-0.39, 0.29) is 5.56 Å². The third-order valence-electron chi connectivity index (χ3n) is 2.49. The second-order valence-corrected chi connectivity index (χ2v) is 3.82. The Bertz CT molecular complexity index is 414. The summed E-state index contributed by atoms with van der Waals surface area (Å²) in [6.07, 6.45) is 0.732. The minimum atomic E-state index is -0.975. The number of methoxy groups -OCH3 is 2. The van der Waals surface area contributed by atoms with E-state index in [9.17, 15) is 4.79 Å². The molecule has 0 aliphatic heterocycles. The van der Waals surface area contributed by atoms with Gasteiger partial charge in [0.25, 0.3) is 0 Å². The van der Waals surface area contributed by atoms with E-state index in [0.29, 0.717) is 30.3 Å². The van der Waals surface area contributed by atoms with E-state index < -0.39 is 5.97 Å². The molecule has 0 fully saturated rings. The van der Waals surface area contributed by atoms with Gasteiger partial charge in [-0.3, -0.25) is 0 Å². The highest BCUT2D eigenvalue weighted by Gasteiger charge is 2.13. The molecular formula is C13H18O5. The van der Waals surface area contributed by atoms with Crippen molar-refractivity contribution in [3.63, 3.8) is 0 Å². The van der Waals surface area contributed by atoms with Crippen LogP contribution in [0.2, 0.25) is 0 Å². The average Bonchev–Trinajstić information content (AvgIpc) is 2.35. The van der Waals surface area contributed by atoms with Crippen LogP contribution in [0, 0.1) is 6.92 Å². The molecule has 0 heterocycles. The predicted octanol–water partition coefficient (Wildman–Crippen LogP) is 2.12. The number of carboxylic acids is 1. The molecule has 100 valence electrons. The topological polar surface area (TPSA) is 65.0 Å². The number of hydrogen-bond acceptors (Lipinski definition) is 4. The van der Waals surface area contributed by atoms with Gasteiger partial charge in [0.1, 0.15) is 0 Å². The van der Waals surface area contributed by atoms with Crippen LogP contribution in [0.25, 0.3) is 0 Å². The van der Waals surface area contributed by atoms with Crippen molar-refractivity contribution in [1.82, 2.24) is 0 Å². The lowest BCUT2D eigenvalue weighted by Crippen LogP contribution is -2.06. The fraction of sp³-hybridized carbons (Fsp3) is 0.462. The van der Waals surface area contributed by atoms with Crippen molar-refractivity contribution in [2.45, 2.75) is 13.3 Å². The lowest BCUT2D eigenvalue weighted by Gasteiger charge is -2.13. The Morgan fingerprint density at radius 2 is 1.94 bits per heavy atom. The van der Waals surface area contributed by atoms with Crippen molar-refractivity contribution in [2.24, 2.45) is 0 Å². The Balaban J connectivity index is 2.86. The molecule has 0 spiro atoms. The van der Waals surface area contributed by atoms with Crippen LogP contribution < -0.4 is 9.47 Å². The lowest BCUT2D eigenvalue weighted by molar-refractivity contribution is 0.0695. The van der Waals surface area contributed by atoms with Gasteiger partial charge in [-0.1, -0.05) is 0 Å². The first-order valence-corrected chi connectivity index (χ1v) is 5.63. The number of aromatic carboxylic acids is 1. The summed E-state index contributed by atoms with van der Waals surface area (Å²) < 4.78 is 15.6. The zero-order valence-electron chi connectivity index (χ0n) is 10.9. The van der Waals surface area contributed by atoms with Crippen LogP contribution in [-0.4, -0.2) is 38.5 Å². The zero-order valence-corrected chi connectivity index (χ0v) is 10.9. The van der Waals surface area contributed by atoms with E-state index >= 15 is 0 Å². The summed E-state index contributed by atoms with van der Waals surface area (Å²) in [4.78, 5) is 11.0. The van der Waals surface area contributed by atoms with E-state index in [1.165, 1.54) is 13.2 Å². The quantitative estimate of drug-likeness (QED) is 0.755. The standard InChI is InChI=1S/C13H18O5/c1-9-7-11(17-3)12(8-10(9)13(14)15)18-6-4-5-16-2/h7-8H,4-6H2,1-3H3,(H,14,15). The molecule has 0 amide bonds. The fourth-order valence-electron chi connectivity index (χ4n) is 1.55. The molecule has 5 nitrogen and oxygen atoms in total. The molecule has 0 aromatic heterocycles.